The smallest absolute Gasteiger partial charge is 0.273 e. The highest BCUT2D eigenvalue weighted by atomic mass is 16.5. The number of carbonyl (C=O) groups excluding carboxylic acids is 1. The molecule has 1 unspecified atom stereocenters. The Morgan fingerprint density at radius 3 is 2.76 bits per heavy atom. The van der Waals surface area contributed by atoms with Crippen LogP contribution < -0.4 is 5.32 Å². The molecule has 1 aromatic rings. The molecule has 0 radical (unpaired) electrons. The van der Waals surface area contributed by atoms with E-state index in [4.69, 9.17) is 4.52 Å². The summed E-state index contributed by atoms with van der Waals surface area (Å²) < 4.78 is 4.81. The zero-order valence-corrected chi connectivity index (χ0v) is 10.8. The van der Waals surface area contributed by atoms with Crippen LogP contribution in [0.4, 0.5) is 0 Å². The van der Waals surface area contributed by atoms with Crippen molar-refractivity contribution < 1.29 is 14.4 Å². The molecule has 5 heteroatoms. The molecule has 17 heavy (non-hydrogen) atoms. The zero-order valence-electron chi connectivity index (χ0n) is 10.8. The number of hydrogen-bond acceptors (Lipinski definition) is 4. The van der Waals surface area contributed by atoms with E-state index in [2.05, 4.69) is 10.5 Å². The van der Waals surface area contributed by atoms with Crippen molar-refractivity contribution >= 4 is 5.91 Å². The number of aliphatic hydroxyl groups is 1. The molecule has 0 spiro atoms. The third-order valence-corrected chi connectivity index (χ3v) is 2.34. The first-order valence-electron chi connectivity index (χ1n) is 5.74. The van der Waals surface area contributed by atoms with Gasteiger partial charge >= 0.3 is 0 Å². The number of carbonyl (C=O) groups is 1. The molecule has 0 saturated heterocycles. The van der Waals surface area contributed by atoms with E-state index in [0.717, 1.165) is 0 Å². The fourth-order valence-electron chi connectivity index (χ4n) is 1.79. The van der Waals surface area contributed by atoms with E-state index in [1.165, 1.54) is 0 Å². The minimum atomic E-state index is -0.900. The standard InChI is InChI=1S/C12H20N2O3/c1-8(2)6-12(4,16)7-13-11(15)10-5-9(3)17-14-10/h5,8,16H,6-7H2,1-4H3,(H,13,15). The Morgan fingerprint density at radius 2 is 2.29 bits per heavy atom. The van der Waals surface area contributed by atoms with Crippen LogP contribution in [0.2, 0.25) is 0 Å². The van der Waals surface area contributed by atoms with Crippen molar-refractivity contribution in [3.05, 3.63) is 17.5 Å². The maximum Gasteiger partial charge on any atom is 0.273 e. The van der Waals surface area contributed by atoms with Crippen LogP contribution in [0.5, 0.6) is 0 Å². The van der Waals surface area contributed by atoms with Crippen molar-refractivity contribution in [3.63, 3.8) is 0 Å². The predicted molar refractivity (Wildman–Crippen MR) is 63.7 cm³/mol. The molecule has 0 aliphatic carbocycles. The van der Waals surface area contributed by atoms with Crippen LogP contribution in [0.3, 0.4) is 0 Å². The Kier molecular flexibility index (Phi) is 4.28. The van der Waals surface area contributed by atoms with Gasteiger partial charge in [-0.05, 0) is 26.2 Å². The van der Waals surface area contributed by atoms with Gasteiger partial charge in [-0.25, -0.2) is 0 Å². The fourth-order valence-corrected chi connectivity index (χ4v) is 1.79. The third-order valence-electron chi connectivity index (χ3n) is 2.34. The molecule has 1 aromatic heterocycles. The molecule has 1 amide bonds. The van der Waals surface area contributed by atoms with Crippen molar-refractivity contribution in [3.8, 4) is 0 Å². The fraction of sp³-hybridized carbons (Fsp3) is 0.667. The van der Waals surface area contributed by atoms with Crippen LogP contribution in [0, 0.1) is 12.8 Å². The van der Waals surface area contributed by atoms with Crippen LogP contribution >= 0.6 is 0 Å². The molecule has 1 rings (SSSR count). The normalized spacial score (nSPS) is 14.7. The minimum Gasteiger partial charge on any atom is -0.388 e. The minimum absolute atomic E-state index is 0.204. The first kappa shape index (κ1) is 13.7. The molecule has 2 N–H and O–H groups in total. The molecule has 0 aliphatic heterocycles. The zero-order chi connectivity index (χ0) is 13.1. The average molecular weight is 240 g/mol. The van der Waals surface area contributed by atoms with Gasteiger partial charge in [-0.1, -0.05) is 19.0 Å². The molecule has 0 aliphatic rings. The van der Waals surface area contributed by atoms with Gasteiger partial charge in [-0.2, -0.15) is 0 Å². The maximum absolute atomic E-state index is 11.6. The molecule has 0 fully saturated rings. The first-order valence-corrected chi connectivity index (χ1v) is 5.74. The van der Waals surface area contributed by atoms with Crippen LogP contribution in [-0.2, 0) is 0 Å². The second-order valence-corrected chi connectivity index (χ2v) is 5.10. The lowest BCUT2D eigenvalue weighted by Gasteiger charge is -2.25. The van der Waals surface area contributed by atoms with E-state index in [1.807, 2.05) is 13.8 Å². The summed E-state index contributed by atoms with van der Waals surface area (Å²) in [5.74, 6) is 0.631. The van der Waals surface area contributed by atoms with Gasteiger partial charge in [-0.15, -0.1) is 0 Å². The van der Waals surface area contributed by atoms with Gasteiger partial charge in [0.15, 0.2) is 5.69 Å². The van der Waals surface area contributed by atoms with E-state index in [0.29, 0.717) is 18.1 Å². The topological polar surface area (TPSA) is 75.4 Å². The predicted octanol–water partition coefficient (Wildman–Crippen LogP) is 1.51. The van der Waals surface area contributed by atoms with Crippen LogP contribution in [-0.4, -0.2) is 28.3 Å². The number of rotatable bonds is 5. The monoisotopic (exact) mass is 240 g/mol. The van der Waals surface area contributed by atoms with Gasteiger partial charge in [0, 0.05) is 12.6 Å². The van der Waals surface area contributed by atoms with Crippen molar-refractivity contribution in [2.75, 3.05) is 6.54 Å². The number of amides is 1. The number of nitrogens with zero attached hydrogens (tertiary/aromatic N) is 1. The maximum atomic E-state index is 11.6. The van der Waals surface area contributed by atoms with Crippen molar-refractivity contribution in [1.82, 2.24) is 10.5 Å². The van der Waals surface area contributed by atoms with E-state index >= 15 is 0 Å². The van der Waals surface area contributed by atoms with Crippen LogP contribution in [0.25, 0.3) is 0 Å². The number of hydrogen-bond donors (Lipinski definition) is 2. The highest BCUT2D eigenvalue weighted by molar-refractivity contribution is 5.92. The number of nitrogens with one attached hydrogen (secondary N) is 1. The summed E-state index contributed by atoms with van der Waals surface area (Å²) >= 11 is 0. The van der Waals surface area contributed by atoms with Crippen molar-refractivity contribution in [2.24, 2.45) is 5.92 Å². The first-order chi connectivity index (χ1) is 7.80. The highest BCUT2D eigenvalue weighted by Crippen LogP contribution is 2.15. The van der Waals surface area contributed by atoms with Crippen LogP contribution in [0.15, 0.2) is 10.6 Å². The van der Waals surface area contributed by atoms with E-state index in [1.54, 1.807) is 19.9 Å². The molecular weight excluding hydrogens is 220 g/mol. The summed E-state index contributed by atoms with van der Waals surface area (Å²) in [5, 5.41) is 16.3. The van der Waals surface area contributed by atoms with Gasteiger partial charge in [0.05, 0.1) is 5.60 Å². The Bertz CT molecular complexity index is 383. The Hall–Kier alpha value is -1.36. The molecule has 0 bridgehead atoms. The van der Waals surface area contributed by atoms with Crippen molar-refractivity contribution in [1.29, 1.82) is 0 Å². The van der Waals surface area contributed by atoms with E-state index in [-0.39, 0.29) is 18.1 Å². The average Bonchev–Trinajstić information content (AvgIpc) is 2.59. The summed E-state index contributed by atoms with van der Waals surface area (Å²) in [6.07, 6.45) is 0.630. The largest absolute Gasteiger partial charge is 0.388 e. The molecule has 0 saturated carbocycles. The summed E-state index contributed by atoms with van der Waals surface area (Å²) in [6, 6.07) is 1.56. The second-order valence-electron chi connectivity index (χ2n) is 5.10. The Labute approximate surface area is 101 Å². The second kappa shape index (κ2) is 5.31. The van der Waals surface area contributed by atoms with Gasteiger partial charge < -0.3 is 14.9 Å². The van der Waals surface area contributed by atoms with Gasteiger partial charge in [0.2, 0.25) is 0 Å². The van der Waals surface area contributed by atoms with Crippen molar-refractivity contribution in [2.45, 2.75) is 39.7 Å². The summed E-state index contributed by atoms with van der Waals surface area (Å²) in [4.78, 5) is 11.6. The van der Waals surface area contributed by atoms with Gasteiger partial charge in [0.25, 0.3) is 5.91 Å². The number of aryl methyl sites for hydroxylation is 1. The molecule has 5 nitrogen and oxygen atoms in total. The molecule has 1 heterocycles. The van der Waals surface area contributed by atoms with E-state index in [9.17, 15) is 9.90 Å². The quantitative estimate of drug-likeness (QED) is 0.818. The lowest BCUT2D eigenvalue weighted by molar-refractivity contribution is 0.0367. The van der Waals surface area contributed by atoms with Gasteiger partial charge in [0.1, 0.15) is 5.76 Å². The lowest BCUT2D eigenvalue weighted by atomic mass is 9.94. The lowest BCUT2D eigenvalue weighted by Crippen LogP contribution is -2.41. The summed E-state index contributed by atoms with van der Waals surface area (Å²) in [6.45, 7) is 7.69. The molecule has 0 aromatic carbocycles. The third kappa shape index (κ3) is 4.56. The highest BCUT2D eigenvalue weighted by Gasteiger charge is 2.23. The van der Waals surface area contributed by atoms with Crippen LogP contribution in [0.1, 0.15) is 43.4 Å². The Balaban J connectivity index is 2.48. The molecule has 96 valence electrons. The van der Waals surface area contributed by atoms with E-state index < -0.39 is 5.60 Å². The molecular formula is C12H20N2O3. The summed E-state index contributed by atoms with van der Waals surface area (Å²) in [7, 11) is 0. The Morgan fingerprint density at radius 1 is 1.65 bits per heavy atom. The SMILES string of the molecule is Cc1cc(C(=O)NCC(C)(O)CC(C)C)no1. The molecule has 1 atom stereocenters. The summed E-state index contributed by atoms with van der Waals surface area (Å²) in [5.41, 5.74) is -0.661. The van der Waals surface area contributed by atoms with Gasteiger partial charge in [-0.3, -0.25) is 4.79 Å². The number of aromatic nitrogens is 1.